The van der Waals surface area contributed by atoms with Gasteiger partial charge in [0, 0.05) is 30.8 Å². The molecule has 80 valence electrons. The van der Waals surface area contributed by atoms with Gasteiger partial charge in [0.25, 0.3) is 5.91 Å². The second-order valence-corrected chi connectivity index (χ2v) is 4.48. The zero-order chi connectivity index (χ0) is 10.7. The topological polar surface area (TPSA) is 33.2 Å². The molecule has 5 heteroatoms. The maximum absolute atomic E-state index is 13.3. The van der Waals surface area contributed by atoms with Crippen molar-refractivity contribution < 1.29 is 9.18 Å². The highest BCUT2D eigenvalue weighted by Crippen LogP contribution is 2.14. The first-order valence-corrected chi connectivity index (χ1v) is 5.91. The van der Waals surface area contributed by atoms with Gasteiger partial charge in [0.2, 0.25) is 0 Å². The predicted octanol–water partition coefficient (Wildman–Crippen LogP) is 1.41. The highest BCUT2D eigenvalue weighted by molar-refractivity contribution is 7.99. The van der Waals surface area contributed by atoms with Gasteiger partial charge in [0.1, 0.15) is 0 Å². The smallest absolute Gasteiger partial charge is 0.256 e. The molecule has 1 aliphatic rings. The number of hydrogen-bond donors (Lipinski definition) is 0. The maximum Gasteiger partial charge on any atom is 0.256 e. The van der Waals surface area contributed by atoms with Gasteiger partial charge in [-0.1, -0.05) is 0 Å². The Hall–Kier alpha value is -1.10. The monoisotopic (exact) mass is 226 g/mol. The average Bonchev–Trinajstić information content (AvgIpc) is 2.30. The predicted molar refractivity (Wildman–Crippen MR) is 57.4 cm³/mol. The quantitative estimate of drug-likeness (QED) is 0.726. The third-order valence-corrected chi connectivity index (χ3v) is 3.24. The van der Waals surface area contributed by atoms with Gasteiger partial charge in [-0.05, 0) is 6.07 Å². The number of nitrogens with zero attached hydrogens (tertiary/aromatic N) is 2. The van der Waals surface area contributed by atoms with Crippen LogP contribution in [-0.4, -0.2) is 40.4 Å². The first-order chi connectivity index (χ1) is 7.29. The lowest BCUT2D eigenvalue weighted by atomic mass is 10.2. The third-order valence-electron chi connectivity index (χ3n) is 2.30. The molecule has 0 aliphatic carbocycles. The van der Waals surface area contributed by atoms with Gasteiger partial charge in [-0.3, -0.25) is 9.78 Å². The molecule has 1 aromatic heterocycles. The van der Waals surface area contributed by atoms with Gasteiger partial charge in [0.15, 0.2) is 5.82 Å². The Morgan fingerprint density at radius 3 is 2.87 bits per heavy atom. The van der Waals surface area contributed by atoms with E-state index in [1.807, 2.05) is 11.8 Å². The molecule has 0 atom stereocenters. The number of halogens is 1. The fraction of sp³-hybridized carbons (Fsp3) is 0.400. The van der Waals surface area contributed by atoms with E-state index in [9.17, 15) is 9.18 Å². The highest BCUT2D eigenvalue weighted by Gasteiger charge is 2.20. The first-order valence-electron chi connectivity index (χ1n) is 4.75. The molecule has 0 bridgehead atoms. The van der Waals surface area contributed by atoms with Crippen LogP contribution in [-0.2, 0) is 0 Å². The fourth-order valence-electron chi connectivity index (χ4n) is 1.49. The second-order valence-electron chi connectivity index (χ2n) is 3.26. The molecule has 1 aliphatic heterocycles. The van der Waals surface area contributed by atoms with Crippen molar-refractivity contribution in [1.82, 2.24) is 9.88 Å². The zero-order valence-corrected chi connectivity index (χ0v) is 8.97. The summed E-state index contributed by atoms with van der Waals surface area (Å²) in [5.74, 6) is 1.09. The van der Waals surface area contributed by atoms with Crippen molar-refractivity contribution in [3.8, 4) is 0 Å². The molecule has 0 spiro atoms. The molecule has 1 saturated heterocycles. The number of aromatic nitrogens is 1. The summed E-state index contributed by atoms with van der Waals surface area (Å²) in [4.78, 5) is 17.2. The lowest BCUT2D eigenvalue weighted by Gasteiger charge is -2.26. The van der Waals surface area contributed by atoms with Crippen molar-refractivity contribution in [2.24, 2.45) is 0 Å². The van der Waals surface area contributed by atoms with Gasteiger partial charge in [-0.15, -0.1) is 0 Å². The lowest BCUT2D eigenvalue weighted by Crippen LogP contribution is -2.38. The number of carbonyl (C=O) groups is 1. The number of amides is 1. The van der Waals surface area contributed by atoms with Crippen molar-refractivity contribution in [3.63, 3.8) is 0 Å². The Morgan fingerprint density at radius 1 is 1.47 bits per heavy atom. The molecule has 0 radical (unpaired) electrons. The van der Waals surface area contributed by atoms with E-state index in [1.165, 1.54) is 12.3 Å². The van der Waals surface area contributed by atoms with Crippen LogP contribution < -0.4 is 0 Å². The molecule has 0 aromatic carbocycles. The van der Waals surface area contributed by atoms with Crippen LogP contribution in [0.2, 0.25) is 0 Å². The minimum atomic E-state index is -0.541. The van der Waals surface area contributed by atoms with Crippen LogP contribution in [0.15, 0.2) is 18.5 Å². The van der Waals surface area contributed by atoms with E-state index < -0.39 is 5.82 Å². The van der Waals surface area contributed by atoms with Gasteiger partial charge < -0.3 is 4.90 Å². The van der Waals surface area contributed by atoms with Gasteiger partial charge in [0.05, 0.1) is 11.8 Å². The van der Waals surface area contributed by atoms with Crippen LogP contribution in [0.5, 0.6) is 0 Å². The number of thioether (sulfide) groups is 1. The summed E-state index contributed by atoms with van der Waals surface area (Å²) < 4.78 is 13.3. The summed E-state index contributed by atoms with van der Waals surface area (Å²) in [6.45, 7) is 1.40. The Kier molecular flexibility index (Phi) is 3.20. The molecule has 1 fully saturated rings. The molecule has 0 saturated carbocycles. The number of hydrogen-bond acceptors (Lipinski definition) is 3. The Bertz CT molecular complexity index is 366. The van der Waals surface area contributed by atoms with E-state index in [0.29, 0.717) is 13.1 Å². The van der Waals surface area contributed by atoms with Crippen LogP contribution >= 0.6 is 11.8 Å². The summed E-state index contributed by atoms with van der Waals surface area (Å²) in [5, 5.41) is 0. The molecule has 15 heavy (non-hydrogen) atoms. The van der Waals surface area contributed by atoms with Crippen LogP contribution in [0, 0.1) is 5.82 Å². The largest absolute Gasteiger partial charge is 0.337 e. The van der Waals surface area contributed by atoms with Crippen LogP contribution in [0.4, 0.5) is 4.39 Å². The summed E-state index contributed by atoms with van der Waals surface area (Å²) in [6.07, 6.45) is 2.51. The third kappa shape index (κ3) is 2.28. The summed E-state index contributed by atoms with van der Waals surface area (Å²) in [6, 6.07) is 1.43. The fourth-order valence-corrected chi connectivity index (χ4v) is 2.39. The highest BCUT2D eigenvalue weighted by atomic mass is 32.2. The van der Waals surface area contributed by atoms with E-state index in [-0.39, 0.29) is 11.5 Å². The zero-order valence-electron chi connectivity index (χ0n) is 8.15. The Labute approximate surface area is 91.7 Å². The van der Waals surface area contributed by atoms with Crippen molar-refractivity contribution in [3.05, 3.63) is 29.8 Å². The van der Waals surface area contributed by atoms with Crippen molar-refractivity contribution in [2.75, 3.05) is 24.6 Å². The standard InChI is InChI=1S/C10H11FN2OS/c11-9-7-12-2-1-8(9)10(14)13-3-5-15-6-4-13/h1-2,7H,3-6H2. The lowest BCUT2D eigenvalue weighted by molar-refractivity contribution is 0.0767. The molecule has 0 N–H and O–H groups in total. The Balaban J connectivity index is 2.16. The minimum absolute atomic E-state index is 0.122. The summed E-state index contributed by atoms with van der Waals surface area (Å²) in [5.41, 5.74) is 0.122. The van der Waals surface area contributed by atoms with E-state index in [4.69, 9.17) is 0 Å². The van der Waals surface area contributed by atoms with Crippen LogP contribution in [0.1, 0.15) is 10.4 Å². The van der Waals surface area contributed by atoms with E-state index in [2.05, 4.69) is 4.98 Å². The Morgan fingerprint density at radius 2 is 2.20 bits per heavy atom. The maximum atomic E-state index is 13.3. The molecule has 2 heterocycles. The van der Waals surface area contributed by atoms with Gasteiger partial charge in [-0.2, -0.15) is 11.8 Å². The number of rotatable bonds is 1. The van der Waals surface area contributed by atoms with Crippen molar-refractivity contribution in [1.29, 1.82) is 0 Å². The molecular weight excluding hydrogens is 215 g/mol. The molecule has 1 amide bonds. The van der Waals surface area contributed by atoms with E-state index >= 15 is 0 Å². The SMILES string of the molecule is O=C(c1ccncc1F)N1CCSCC1. The molecule has 0 unspecified atom stereocenters. The van der Waals surface area contributed by atoms with Crippen molar-refractivity contribution >= 4 is 17.7 Å². The van der Waals surface area contributed by atoms with Crippen molar-refractivity contribution in [2.45, 2.75) is 0 Å². The van der Waals surface area contributed by atoms with Gasteiger partial charge in [-0.25, -0.2) is 4.39 Å². The van der Waals surface area contributed by atoms with Gasteiger partial charge >= 0.3 is 0 Å². The molecule has 1 aromatic rings. The number of pyridine rings is 1. The normalized spacial score (nSPS) is 16.5. The minimum Gasteiger partial charge on any atom is -0.337 e. The molecule has 3 nitrogen and oxygen atoms in total. The summed E-state index contributed by atoms with van der Waals surface area (Å²) in [7, 11) is 0. The molecular formula is C10H11FN2OS. The number of carbonyl (C=O) groups excluding carboxylic acids is 1. The van der Waals surface area contributed by atoms with Crippen LogP contribution in [0.25, 0.3) is 0 Å². The van der Waals surface area contributed by atoms with E-state index in [1.54, 1.807) is 4.90 Å². The van der Waals surface area contributed by atoms with Crippen LogP contribution in [0.3, 0.4) is 0 Å². The second kappa shape index (κ2) is 4.61. The molecule has 2 rings (SSSR count). The average molecular weight is 226 g/mol. The summed E-state index contributed by atoms with van der Waals surface area (Å²) >= 11 is 1.82. The van der Waals surface area contributed by atoms with E-state index in [0.717, 1.165) is 17.7 Å². The first kappa shape index (κ1) is 10.4.